The highest BCUT2D eigenvalue weighted by Crippen LogP contribution is 2.20. The molecule has 1 atom stereocenters. The minimum atomic E-state index is -0.376. The van der Waals surface area contributed by atoms with E-state index in [0.717, 1.165) is 17.0 Å². The van der Waals surface area contributed by atoms with E-state index in [0.29, 0.717) is 0 Å². The van der Waals surface area contributed by atoms with E-state index in [1.165, 1.54) is 0 Å². The molecule has 1 aromatic rings. The Morgan fingerprint density at radius 1 is 1.27 bits per heavy atom. The zero-order chi connectivity index (χ0) is 17.1. The molecule has 1 heterocycles. The Morgan fingerprint density at radius 3 is 2.32 bits per heavy atom. The number of nitrogens with zero attached hydrogens (tertiary/aromatic N) is 2. The molecule has 0 fully saturated rings. The number of carbonyl (C=O) groups is 2. The number of urea groups is 1. The number of aryl methyl sites for hydroxylation is 2. The van der Waals surface area contributed by atoms with Gasteiger partial charge in [-0.2, -0.15) is 5.10 Å². The van der Waals surface area contributed by atoms with Crippen LogP contribution in [0.15, 0.2) is 0 Å². The average molecular weight is 309 g/mol. The van der Waals surface area contributed by atoms with Gasteiger partial charge in [-0.05, 0) is 41.5 Å². The second-order valence-electron chi connectivity index (χ2n) is 6.55. The maximum absolute atomic E-state index is 11.9. The van der Waals surface area contributed by atoms with Crippen LogP contribution in [0.25, 0.3) is 0 Å². The Kier molecular flexibility index (Phi) is 5.57. The number of hydrogen-bond donors (Lipinski definition) is 3. The highest BCUT2D eigenvalue weighted by molar-refractivity contribution is 5.84. The Morgan fingerprint density at radius 2 is 1.86 bits per heavy atom. The van der Waals surface area contributed by atoms with Gasteiger partial charge >= 0.3 is 6.03 Å². The molecule has 0 spiro atoms. The first-order chi connectivity index (χ1) is 10.0. The maximum atomic E-state index is 11.9. The maximum Gasteiger partial charge on any atom is 0.315 e. The molecule has 7 heteroatoms. The summed E-state index contributed by atoms with van der Waals surface area (Å²) in [6.45, 7) is 11.4. The number of amides is 3. The molecule has 0 aliphatic heterocycles. The van der Waals surface area contributed by atoms with Crippen molar-refractivity contribution in [2.45, 2.75) is 53.1 Å². The molecule has 3 amide bonds. The van der Waals surface area contributed by atoms with E-state index in [9.17, 15) is 9.59 Å². The first-order valence-corrected chi connectivity index (χ1v) is 7.36. The summed E-state index contributed by atoms with van der Waals surface area (Å²) in [4.78, 5) is 23.6. The van der Waals surface area contributed by atoms with Crippen LogP contribution < -0.4 is 16.0 Å². The van der Waals surface area contributed by atoms with Crippen LogP contribution in [-0.4, -0.2) is 33.8 Å². The molecular formula is C15H27N5O2. The number of nitrogens with one attached hydrogen (secondary N) is 3. The molecule has 1 aromatic heterocycles. The van der Waals surface area contributed by atoms with Crippen LogP contribution in [-0.2, 0) is 11.8 Å². The van der Waals surface area contributed by atoms with Crippen LogP contribution in [0.4, 0.5) is 4.79 Å². The van der Waals surface area contributed by atoms with Gasteiger partial charge in [0.05, 0.1) is 18.3 Å². The van der Waals surface area contributed by atoms with Gasteiger partial charge in [0.1, 0.15) is 0 Å². The van der Waals surface area contributed by atoms with Gasteiger partial charge in [-0.25, -0.2) is 4.79 Å². The Labute approximate surface area is 131 Å². The second kappa shape index (κ2) is 6.81. The summed E-state index contributed by atoms with van der Waals surface area (Å²) in [6, 6.07) is -0.557. The van der Waals surface area contributed by atoms with Crippen molar-refractivity contribution in [1.29, 1.82) is 0 Å². The lowest BCUT2D eigenvalue weighted by atomic mass is 10.1. The molecule has 0 saturated heterocycles. The molecule has 1 rings (SSSR count). The van der Waals surface area contributed by atoms with Crippen molar-refractivity contribution in [2.24, 2.45) is 7.05 Å². The van der Waals surface area contributed by atoms with Crippen molar-refractivity contribution in [2.75, 3.05) is 6.54 Å². The van der Waals surface area contributed by atoms with Gasteiger partial charge in [0.15, 0.2) is 0 Å². The summed E-state index contributed by atoms with van der Waals surface area (Å²) in [5, 5.41) is 12.5. The van der Waals surface area contributed by atoms with Crippen molar-refractivity contribution in [3.05, 3.63) is 17.0 Å². The minimum Gasteiger partial charge on any atom is -0.350 e. The normalized spacial score (nSPS) is 12.7. The van der Waals surface area contributed by atoms with Gasteiger partial charge in [-0.1, -0.05) is 0 Å². The van der Waals surface area contributed by atoms with E-state index in [2.05, 4.69) is 21.0 Å². The lowest BCUT2D eigenvalue weighted by Crippen LogP contribution is -2.47. The van der Waals surface area contributed by atoms with E-state index in [1.807, 2.05) is 48.6 Å². The lowest BCUT2D eigenvalue weighted by Gasteiger charge is -2.21. The lowest BCUT2D eigenvalue weighted by molar-refractivity contribution is -0.121. The van der Waals surface area contributed by atoms with Gasteiger partial charge in [-0.15, -0.1) is 0 Å². The molecule has 0 aliphatic carbocycles. The number of aromatic nitrogens is 2. The summed E-state index contributed by atoms with van der Waals surface area (Å²) in [6.07, 6.45) is 0. The van der Waals surface area contributed by atoms with Crippen LogP contribution in [0, 0.1) is 13.8 Å². The predicted molar refractivity (Wildman–Crippen MR) is 85.5 cm³/mol. The topological polar surface area (TPSA) is 88.1 Å². The molecule has 0 saturated carbocycles. The van der Waals surface area contributed by atoms with Gasteiger partial charge in [0, 0.05) is 23.8 Å². The van der Waals surface area contributed by atoms with Crippen molar-refractivity contribution in [3.8, 4) is 0 Å². The fourth-order valence-electron chi connectivity index (χ4n) is 2.36. The average Bonchev–Trinajstić information content (AvgIpc) is 2.58. The first kappa shape index (κ1) is 18.0. The van der Waals surface area contributed by atoms with E-state index in [4.69, 9.17) is 0 Å². The molecule has 7 nitrogen and oxygen atoms in total. The van der Waals surface area contributed by atoms with Crippen LogP contribution in [0.1, 0.15) is 50.7 Å². The third-order valence-electron chi connectivity index (χ3n) is 3.27. The summed E-state index contributed by atoms with van der Waals surface area (Å²) in [7, 11) is 1.87. The van der Waals surface area contributed by atoms with E-state index in [1.54, 1.807) is 4.68 Å². The molecule has 124 valence electrons. The standard InChI is InChI=1S/C15H27N5O2/c1-9(13-10(2)19-20(7)11(13)3)17-14(22)16-8-12(21)18-15(4,5)6/h9H,8H2,1-7H3,(H,18,21)(H2,16,17,22)/t9-/m0/s1. The number of carbonyl (C=O) groups excluding carboxylic acids is 2. The molecular weight excluding hydrogens is 282 g/mol. The number of rotatable bonds is 4. The largest absolute Gasteiger partial charge is 0.350 e. The smallest absolute Gasteiger partial charge is 0.315 e. The van der Waals surface area contributed by atoms with Crippen molar-refractivity contribution >= 4 is 11.9 Å². The van der Waals surface area contributed by atoms with Crippen LogP contribution >= 0.6 is 0 Å². The third kappa shape index (κ3) is 5.05. The molecule has 0 aromatic carbocycles. The summed E-state index contributed by atoms with van der Waals surface area (Å²) in [5.74, 6) is -0.218. The minimum absolute atomic E-state index is 0.0547. The van der Waals surface area contributed by atoms with Gasteiger partial charge in [0.2, 0.25) is 5.91 Å². The summed E-state index contributed by atoms with van der Waals surface area (Å²) >= 11 is 0. The fourth-order valence-corrected chi connectivity index (χ4v) is 2.36. The van der Waals surface area contributed by atoms with E-state index >= 15 is 0 Å². The van der Waals surface area contributed by atoms with Gasteiger partial charge < -0.3 is 16.0 Å². The SMILES string of the molecule is Cc1nn(C)c(C)c1[C@H](C)NC(=O)NCC(=O)NC(C)(C)C. The highest BCUT2D eigenvalue weighted by atomic mass is 16.2. The van der Waals surface area contributed by atoms with Gasteiger partial charge in [-0.3, -0.25) is 9.48 Å². The first-order valence-electron chi connectivity index (χ1n) is 7.36. The Bertz CT molecular complexity index is 557. The molecule has 0 unspecified atom stereocenters. The molecule has 0 bridgehead atoms. The van der Waals surface area contributed by atoms with Crippen LogP contribution in [0.2, 0.25) is 0 Å². The quantitative estimate of drug-likeness (QED) is 0.783. The summed E-state index contributed by atoms with van der Waals surface area (Å²) in [5.41, 5.74) is 2.58. The predicted octanol–water partition coefficient (Wildman–Crippen LogP) is 1.31. The highest BCUT2D eigenvalue weighted by Gasteiger charge is 2.19. The molecule has 22 heavy (non-hydrogen) atoms. The van der Waals surface area contributed by atoms with Crippen molar-refractivity contribution in [1.82, 2.24) is 25.7 Å². The fraction of sp³-hybridized carbons (Fsp3) is 0.667. The molecule has 0 aliphatic rings. The summed E-state index contributed by atoms with van der Waals surface area (Å²) < 4.78 is 1.79. The monoisotopic (exact) mass is 309 g/mol. The number of hydrogen-bond acceptors (Lipinski definition) is 3. The molecule has 0 radical (unpaired) electrons. The zero-order valence-electron chi connectivity index (χ0n) is 14.5. The Balaban J connectivity index is 2.53. The molecule has 3 N–H and O–H groups in total. The van der Waals surface area contributed by atoms with Gasteiger partial charge in [0.25, 0.3) is 0 Å². The van der Waals surface area contributed by atoms with Crippen molar-refractivity contribution in [3.63, 3.8) is 0 Å². The van der Waals surface area contributed by atoms with E-state index in [-0.39, 0.29) is 30.1 Å². The zero-order valence-corrected chi connectivity index (χ0v) is 14.5. The van der Waals surface area contributed by atoms with E-state index < -0.39 is 0 Å². The Hall–Kier alpha value is -2.05. The third-order valence-corrected chi connectivity index (χ3v) is 3.27. The second-order valence-corrected chi connectivity index (χ2v) is 6.55. The van der Waals surface area contributed by atoms with Crippen LogP contribution in [0.5, 0.6) is 0 Å². The van der Waals surface area contributed by atoms with Crippen LogP contribution in [0.3, 0.4) is 0 Å². The van der Waals surface area contributed by atoms with Crippen molar-refractivity contribution < 1.29 is 9.59 Å².